The molecule has 3 heteroatoms. The predicted octanol–water partition coefficient (Wildman–Crippen LogP) is 2.10. The van der Waals surface area contributed by atoms with Crippen molar-refractivity contribution in [1.29, 1.82) is 0 Å². The first kappa shape index (κ1) is 12.3. The molecule has 2 aliphatic rings. The molecule has 0 radical (unpaired) electrons. The summed E-state index contributed by atoms with van der Waals surface area (Å²) in [5.41, 5.74) is 0. The van der Waals surface area contributed by atoms with E-state index in [0.717, 1.165) is 13.0 Å². The summed E-state index contributed by atoms with van der Waals surface area (Å²) < 4.78 is 11.6. The second kappa shape index (κ2) is 5.99. The first-order valence-electron chi connectivity index (χ1n) is 6.76. The minimum atomic E-state index is 0.271. The zero-order valence-corrected chi connectivity index (χ0v) is 10.6. The second-order valence-electron chi connectivity index (χ2n) is 5.08. The van der Waals surface area contributed by atoms with E-state index in [-0.39, 0.29) is 6.10 Å². The maximum atomic E-state index is 6.10. The summed E-state index contributed by atoms with van der Waals surface area (Å²) in [7, 11) is 1.80. The van der Waals surface area contributed by atoms with E-state index in [4.69, 9.17) is 9.47 Å². The summed E-state index contributed by atoms with van der Waals surface area (Å²) in [5, 5.41) is 3.52. The third kappa shape index (κ3) is 2.76. The summed E-state index contributed by atoms with van der Waals surface area (Å²) in [4.78, 5) is 0. The van der Waals surface area contributed by atoms with Crippen molar-refractivity contribution in [3.63, 3.8) is 0 Å². The summed E-state index contributed by atoms with van der Waals surface area (Å²) in [5.74, 6) is 0. The Labute approximate surface area is 98.9 Å². The molecule has 3 nitrogen and oxygen atoms in total. The van der Waals surface area contributed by atoms with Crippen molar-refractivity contribution in [2.45, 2.75) is 69.8 Å². The number of methoxy groups -OCH3 is 1. The van der Waals surface area contributed by atoms with Crippen molar-refractivity contribution >= 4 is 0 Å². The van der Waals surface area contributed by atoms with Gasteiger partial charge in [0, 0.05) is 13.2 Å². The molecule has 0 heterocycles. The van der Waals surface area contributed by atoms with E-state index in [2.05, 4.69) is 12.2 Å². The molecule has 0 spiro atoms. The summed E-state index contributed by atoms with van der Waals surface area (Å²) in [6.45, 7) is 3.28. The maximum absolute atomic E-state index is 6.10. The normalized spacial score (nSPS) is 35.2. The van der Waals surface area contributed by atoms with Gasteiger partial charge in [0.15, 0.2) is 0 Å². The van der Waals surface area contributed by atoms with Crippen LogP contribution in [0.4, 0.5) is 0 Å². The van der Waals surface area contributed by atoms with E-state index >= 15 is 0 Å². The fourth-order valence-electron chi connectivity index (χ4n) is 2.83. The van der Waals surface area contributed by atoms with Gasteiger partial charge in [-0.3, -0.25) is 0 Å². The van der Waals surface area contributed by atoms with Gasteiger partial charge in [-0.05, 0) is 32.2 Å². The third-order valence-corrected chi connectivity index (χ3v) is 3.85. The van der Waals surface area contributed by atoms with Crippen molar-refractivity contribution in [2.75, 3.05) is 13.7 Å². The molecule has 0 aromatic rings. The van der Waals surface area contributed by atoms with Gasteiger partial charge in [-0.25, -0.2) is 0 Å². The van der Waals surface area contributed by atoms with Gasteiger partial charge < -0.3 is 14.8 Å². The molecule has 3 atom stereocenters. The van der Waals surface area contributed by atoms with Crippen molar-refractivity contribution in [3.8, 4) is 0 Å². The lowest BCUT2D eigenvalue weighted by Gasteiger charge is -2.44. The molecule has 0 aromatic heterocycles. The van der Waals surface area contributed by atoms with Crippen molar-refractivity contribution < 1.29 is 9.47 Å². The van der Waals surface area contributed by atoms with Gasteiger partial charge in [-0.1, -0.05) is 19.8 Å². The number of nitrogens with one attached hydrogen (secondary N) is 1. The summed E-state index contributed by atoms with van der Waals surface area (Å²) in [6, 6.07) is 0.511. The molecular weight excluding hydrogens is 202 g/mol. The molecule has 0 aliphatic heterocycles. The highest BCUT2D eigenvalue weighted by Gasteiger charge is 2.43. The quantitative estimate of drug-likeness (QED) is 0.754. The van der Waals surface area contributed by atoms with Crippen molar-refractivity contribution in [2.24, 2.45) is 0 Å². The van der Waals surface area contributed by atoms with Crippen LogP contribution in [0.3, 0.4) is 0 Å². The van der Waals surface area contributed by atoms with Crippen LogP contribution in [0.5, 0.6) is 0 Å². The fourth-order valence-corrected chi connectivity index (χ4v) is 2.83. The van der Waals surface area contributed by atoms with Crippen LogP contribution in [-0.4, -0.2) is 38.0 Å². The van der Waals surface area contributed by atoms with Gasteiger partial charge in [0.1, 0.15) is 0 Å². The van der Waals surface area contributed by atoms with E-state index < -0.39 is 0 Å². The average molecular weight is 227 g/mol. The molecule has 2 fully saturated rings. The highest BCUT2D eigenvalue weighted by atomic mass is 16.5. The topological polar surface area (TPSA) is 30.5 Å². The first-order valence-corrected chi connectivity index (χ1v) is 6.76. The average Bonchev–Trinajstić information content (AvgIpc) is 2.75. The Balaban J connectivity index is 1.71. The molecule has 0 saturated heterocycles. The number of hydrogen-bond donors (Lipinski definition) is 1. The molecule has 2 aliphatic carbocycles. The van der Waals surface area contributed by atoms with Gasteiger partial charge in [-0.15, -0.1) is 0 Å². The largest absolute Gasteiger partial charge is 0.377 e. The van der Waals surface area contributed by atoms with Crippen LogP contribution in [0, 0.1) is 0 Å². The van der Waals surface area contributed by atoms with Crippen LogP contribution >= 0.6 is 0 Å². The Kier molecular flexibility index (Phi) is 4.62. The molecule has 0 aromatic carbocycles. The lowest BCUT2D eigenvalue weighted by molar-refractivity contribution is -0.155. The van der Waals surface area contributed by atoms with E-state index in [9.17, 15) is 0 Å². The standard InChI is InChI=1S/C13H25NO2/c1-3-8-14-11-9-12(13(11)15-2)16-10-6-4-5-7-10/h10-14H,3-9H2,1-2H3. The molecular formula is C13H25NO2. The lowest BCUT2D eigenvalue weighted by atomic mass is 9.85. The minimum Gasteiger partial charge on any atom is -0.377 e. The Morgan fingerprint density at radius 2 is 2.00 bits per heavy atom. The maximum Gasteiger partial charge on any atom is 0.0987 e. The number of hydrogen-bond acceptors (Lipinski definition) is 3. The van der Waals surface area contributed by atoms with Crippen LogP contribution in [0.1, 0.15) is 45.4 Å². The smallest absolute Gasteiger partial charge is 0.0987 e. The Bertz CT molecular complexity index is 204. The van der Waals surface area contributed by atoms with Crippen LogP contribution in [0.2, 0.25) is 0 Å². The zero-order chi connectivity index (χ0) is 11.4. The van der Waals surface area contributed by atoms with E-state index in [1.165, 1.54) is 32.1 Å². The lowest BCUT2D eigenvalue weighted by Crippen LogP contribution is -2.60. The first-order chi connectivity index (χ1) is 7.85. The van der Waals surface area contributed by atoms with Gasteiger partial charge >= 0.3 is 0 Å². The molecule has 2 saturated carbocycles. The SMILES string of the molecule is CCCNC1CC(OC2CCCC2)C1OC. The van der Waals surface area contributed by atoms with Crippen LogP contribution in [-0.2, 0) is 9.47 Å². The third-order valence-electron chi connectivity index (χ3n) is 3.85. The van der Waals surface area contributed by atoms with E-state index in [1.54, 1.807) is 7.11 Å². The molecule has 16 heavy (non-hydrogen) atoms. The molecule has 0 amide bonds. The monoisotopic (exact) mass is 227 g/mol. The van der Waals surface area contributed by atoms with Crippen LogP contribution in [0.25, 0.3) is 0 Å². The van der Waals surface area contributed by atoms with E-state index in [1.807, 2.05) is 0 Å². The summed E-state index contributed by atoms with van der Waals surface area (Å²) >= 11 is 0. The predicted molar refractivity (Wildman–Crippen MR) is 64.6 cm³/mol. The number of rotatable bonds is 6. The van der Waals surface area contributed by atoms with Crippen molar-refractivity contribution in [1.82, 2.24) is 5.32 Å². The molecule has 3 unspecified atom stereocenters. The fraction of sp³-hybridized carbons (Fsp3) is 1.00. The summed E-state index contributed by atoms with van der Waals surface area (Å²) in [6.07, 6.45) is 8.60. The van der Waals surface area contributed by atoms with E-state index in [0.29, 0.717) is 18.2 Å². The second-order valence-corrected chi connectivity index (χ2v) is 5.08. The van der Waals surface area contributed by atoms with Gasteiger partial charge in [0.05, 0.1) is 18.3 Å². The number of ether oxygens (including phenoxy) is 2. The Morgan fingerprint density at radius 3 is 2.62 bits per heavy atom. The van der Waals surface area contributed by atoms with Gasteiger partial charge in [0.25, 0.3) is 0 Å². The van der Waals surface area contributed by atoms with Crippen LogP contribution in [0.15, 0.2) is 0 Å². The van der Waals surface area contributed by atoms with Crippen molar-refractivity contribution in [3.05, 3.63) is 0 Å². The van der Waals surface area contributed by atoms with Crippen LogP contribution < -0.4 is 5.32 Å². The highest BCUT2D eigenvalue weighted by Crippen LogP contribution is 2.31. The highest BCUT2D eigenvalue weighted by molar-refractivity contribution is 4.97. The molecule has 94 valence electrons. The minimum absolute atomic E-state index is 0.271. The van der Waals surface area contributed by atoms with Gasteiger partial charge in [0.2, 0.25) is 0 Å². The molecule has 0 bridgehead atoms. The zero-order valence-electron chi connectivity index (χ0n) is 10.6. The molecule has 2 rings (SSSR count). The Morgan fingerprint density at radius 1 is 1.25 bits per heavy atom. The Hall–Kier alpha value is -0.120. The van der Waals surface area contributed by atoms with Gasteiger partial charge in [-0.2, -0.15) is 0 Å². The molecule has 1 N–H and O–H groups in total.